The number of carbonyl (C=O) groups excluding carboxylic acids is 6. The van der Waals surface area contributed by atoms with Gasteiger partial charge in [-0.3, -0.25) is 24.0 Å². The first-order valence-electron chi connectivity index (χ1n) is 17.1. The molecule has 0 aromatic rings. The molecule has 0 radical (unpaired) electrons. The van der Waals surface area contributed by atoms with E-state index in [0.29, 0.717) is 0 Å². The average molecular weight is 673 g/mol. The molecule has 1 spiro atoms. The van der Waals surface area contributed by atoms with Crippen molar-refractivity contribution in [3.63, 3.8) is 0 Å². The molecule has 3 saturated heterocycles. The third-order valence-electron chi connectivity index (χ3n) is 14.9. The molecule has 3 aliphatic heterocycles. The quantitative estimate of drug-likeness (QED) is 0.197. The molecule has 8 fully saturated rings. The zero-order valence-corrected chi connectivity index (χ0v) is 28.6. The van der Waals surface area contributed by atoms with Gasteiger partial charge in [0.05, 0.1) is 11.5 Å². The Morgan fingerprint density at radius 1 is 0.771 bits per heavy atom. The smallest absolute Gasteiger partial charge is 0.341 e. The van der Waals surface area contributed by atoms with E-state index in [9.17, 15) is 33.9 Å². The summed E-state index contributed by atoms with van der Waals surface area (Å²) in [6, 6.07) is 0. The van der Waals surface area contributed by atoms with Gasteiger partial charge in [0.15, 0.2) is 5.60 Å². The third-order valence-corrected chi connectivity index (χ3v) is 14.9. The average Bonchev–Trinajstić information content (AvgIpc) is 3.88. The third kappa shape index (κ3) is 3.35. The van der Waals surface area contributed by atoms with Crippen LogP contribution in [0.15, 0.2) is 0 Å². The highest BCUT2D eigenvalue weighted by Crippen LogP contribution is 2.81. The molecular weight excluding hydrogens is 628 g/mol. The van der Waals surface area contributed by atoms with Crippen LogP contribution in [0.5, 0.6) is 0 Å². The number of esters is 4. The fraction of sp³-hybridized carbons (Fsp3) is 0.829. The molecule has 13 heteroatoms. The second kappa shape index (κ2) is 9.25. The first-order chi connectivity index (χ1) is 22.2. The molecule has 1 N–H and O–H groups in total. The SMILES string of the molecule is CC(=O)O[C@@H]1[C@H]2[C@@H]3C(=O)C(=O)[C@H]4C[C@@H]5O[C@@H]5[C@H](OC(C)=O)[C@]4(C)[C@H]3[C@H](C)[C@H](OC(C)=O)[C@]2(C)[C@H]2[C@H](C)[C@H]3O[C@]34OC(=O)[C@@](C)(O)[C@]4(C)[C@H]12. The van der Waals surface area contributed by atoms with Gasteiger partial charge < -0.3 is 33.5 Å². The molecular formula is C35H44O13. The molecule has 13 nitrogen and oxygen atoms in total. The van der Waals surface area contributed by atoms with Gasteiger partial charge in [-0.25, -0.2) is 4.79 Å². The van der Waals surface area contributed by atoms with Crippen LogP contribution in [0.2, 0.25) is 0 Å². The summed E-state index contributed by atoms with van der Waals surface area (Å²) < 4.78 is 36.5. The van der Waals surface area contributed by atoms with Crippen molar-refractivity contribution >= 4 is 35.4 Å². The Morgan fingerprint density at radius 2 is 1.38 bits per heavy atom. The van der Waals surface area contributed by atoms with E-state index in [1.165, 1.54) is 27.7 Å². The molecule has 19 atom stereocenters. The van der Waals surface area contributed by atoms with E-state index in [1.807, 2.05) is 27.7 Å². The molecule has 5 saturated carbocycles. The number of Topliss-reactive ketones (excluding diaryl/α,β-unsaturated/α-hetero) is 2. The van der Waals surface area contributed by atoms with Crippen LogP contribution in [0.4, 0.5) is 0 Å². The van der Waals surface area contributed by atoms with Gasteiger partial charge in [0.2, 0.25) is 17.4 Å². The lowest BCUT2D eigenvalue weighted by atomic mass is 9.40. The van der Waals surface area contributed by atoms with E-state index in [-0.39, 0.29) is 18.4 Å². The van der Waals surface area contributed by atoms with E-state index in [2.05, 4.69) is 0 Å². The monoisotopic (exact) mass is 672 g/mol. The Hall–Kier alpha value is -2.90. The molecule has 0 aromatic carbocycles. The summed E-state index contributed by atoms with van der Waals surface area (Å²) in [6.45, 7) is 14.6. The number of ether oxygens (including phenoxy) is 6. The molecule has 5 aliphatic carbocycles. The number of rotatable bonds is 3. The Bertz CT molecular complexity index is 1590. The summed E-state index contributed by atoms with van der Waals surface area (Å²) in [5, 5.41) is 12.0. The lowest BCUT2D eigenvalue weighted by Crippen LogP contribution is -2.71. The van der Waals surface area contributed by atoms with E-state index in [1.54, 1.807) is 6.92 Å². The number of fused-ring (bicyclic) bond motifs is 9. The van der Waals surface area contributed by atoms with Crippen molar-refractivity contribution in [1.29, 1.82) is 0 Å². The van der Waals surface area contributed by atoms with Crippen LogP contribution >= 0.6 is 0 Å². The zero-order chi connectivity index (χ0) is 35.0. The summed E-state index contributed by atoms with van der Waals surface area (Å²) in [7, 11) is 0. The Labute approximate surface area is 278 Å². The number of hydrogen-bond acceptors (Lipinski definition) is 13. The zero-order valence-electron chi connectivity index (χ0n) is 28.6. The van der Waals surface area contributed by atoms with Gasteiger partial charge in [0, 0.05) is 55.3 Å². The van der Waals surface area contributed by atoms with Crippen LogP contribution < -0.4 is 0 Å². The number of hydrogen-bond donors (Lipinski definition) is 1. The predicted octanol–water partition coefficient (Wildman–Crippen LogP) is 1.54. The normalized spacial score (nSPS) is 58.1. The van der Waals surface area contributed by atoms with Gasteiger partial charge in [-0.1, -0.05) is 27.7 Å². The minimum atomic E-state index is -2.08. The Morgan fingerprint density at radius 3 is 1.98 bits per heavy atom. The fourth-order valence-corrected chi connectivity index (χ4v) is 13.2. The summed E-state index contributed by atoms with van der Waals surface area (Å²) in [4.78, 5) is 81.1. The van der Waals surface area contributed by atoms with Gasteiger partial charge in [0.25, 0.3) is 0 Å². The number of aliphatic hydroxyl groups is 1. The largest absolute Gasteiger partial charge is 0.462 e. The van der Waals surface area contributed by atoms with E-state index < -0.39 is 135 Å². The lowest BCUT2D eigenvalue weighted by molar-refractivity contribution is -0.233. The predicted molar refractivity (Wildman–Crippen MR) is 158 cm³/mol. The van der Waals surface area contributed by atoms with Gasteiger partial charge in [0.1, 0.15) is 30.5 Å². The molecule has 8 rings (SSSR count). The van der Waals surface area contributed by atoms with E-state index >= 15 is 0 Å². The van der Waals surface area contributed by atoms with Crippen molar-refractivity contribution < 1.29 is 62.3 Å². The second-order valence-corrected chi connectivity index (χ2v) is 16.7. The lowest BCUT2D eigenvalue weighted by Gasteiger charge is -2.64. The van der Waals surface area contributed by atoms with E-state index in [0.717, 1.165) is 0 Å². The minimum absolute atomic E-state index is 0.289. The first-order valence-corrected chi connectivity index (χ1v) is 17.1. The first kappa shape index (κ1) is 32.3. The molecule has 0 aromatic heterocycles. The number of ketones is 2. The topological polar surface area (TPSA) is 185 Å². The maximum absolute atomic E-state index is 14.7. The van der Waals surface area contributed by atoms with Crippen molar-refractivity contribution in [3.8, 4) is 0 Å². The standard InChI is InChI=1S/C35H44O13/c1-11-19-18(24(40)23(39)16-10-17-25(46-17)29(31(16,19)6)45-15(5)38)21-26(43-13(3)36)22-20(32(21,7)27(11)44-14(4)37)12(2)28-35(47-28)33(22,8)34(9,42)30(41)48-35/h11-12,16-22,25-29,42H,10H2,1-9H3/t11-,12-,16+,17-,18+,19-,20-,21+,22-,25-,26+,27-,28+,29-,31-,32+,33-,34+,35-/m0/s1. The summed E-state index contributed by atoms with van der Waals surface area (Å²) in [5.74, 6) is -11.0. The molecule has 0 bridgehead atoms. The van der Waals surface area contributed by atoms with Gasteiger partial charge >= 0.3 is 23.9 Å². The van der Waals surface area contributed by atoms with Crippen molar-refractivity contribution in [2.45, 2.75) is 117 Å². The van der Waals surface area contributed by atoms with Crippen LogP contribution in [0.1, 0.15) is 68.7 Å². The molecule has 48 heavy (non-hydrogen) atoms. The highest BCUT2D eigenvalue weighted by molar-refractivity contribution is 6.40. The second-order valence-electron chi connectivity index (χ2n) is 16.7. The maximum Gasteiger partial charge on any atom is 0.341 e. The molecule has 0 unspecified atom stereocenters. The Kier molecular flexibility index (Phi) is 6.23. The van der Waals surface area contributed by atoms with Crippen molar-refractivity contribution in [2.75, 3.05) is 0 Å². The highest BCUT2D eigenvalue weighted by Gasteiger charge is 2.93. The van der Waals surface area contributed by atoms with Gasteiger partial charge in [-0.2, -0.15) is 0 Å². The summed E-state index contributed by atoms with van der Waals surface area (Å²) >= 11 is 0. The van der Waals surface area contributed by atoms with Crippen LogP contribution in [0.25, 0.3) is 0 Å². The van der Waals surface area contributed by atoms with Gasteiger partial charge in [-0.05, 0) is 43.9 Å². The summed E-state index contributed by atoms with van der Waals surface area (Å²) in [6.07, 6.45) is -3.97. The van der Waals surface area contributed by atoms with Crippen LogP contribution in [0, 0.1) is 63.6 Å². The van der Waals surface area contributed by atoms with Crippen molar-refractivity contribution in [1.82, 2.24) is 0 Å². The van der Waals surface area contributed by atoms with Crippen LogP contribution in [-0.2, 0) is 57.2 Å². The minimum Gasteiger partial charge on any atom is -0.462 e. The van der Waals surface area contributed by atoms with Crippen molar-refractivity contribution in [3.05, 3.63) is 0 Å². The number of epoxide rings is 2. The molecule has 0 amide bonds. The van der Waals surface area contributed by atoms with Crippen molar-refractivity contribution in [2.24, 2.45) is 63.6 Å². The summed E-state index contributed by atoms with van der Waals surface area (Å²) in [5.41, 5.74) is -5.77. The molecule has 8 aliphatic rings. The molecule has 3 heterocycles. The fourth-order valence-electron chi connectivity index (χ4n) is 13.2. The van der Waals surface area contributed by atoms with Gasteiger partial charge in [-0.15, -0.1) is 0 Å². The van der Waals surface area contributed by atoms with Crippen LogP contribution in [0.3, 0.4) is 0 Å². The van der Waals surface area contributed by atoms with Crippen LogP contribution in [-0.4, -0.2) is 88.6 Å². The highest BCUT2D eigenvalue weighted by atomic mass is 16.8. The maximum atomic E-state index is 14.7. The molecule has 262 valence electrons. The van der Waals surface area contributed by atoms with E-state index in [4.69, 9.17) is 28.4 Å². The number of carbonyl (C=O) groups is 6. The Balaban J connectivity index is 1.39.